The quantitative estimate of drug-likeness (QED) is 0.648. The van der Waals surface area contributed by atoms with E-state index in [1.807, 2.05) is 4.90 Å². The number of hydrogen-bond acceptors (Lipinski definition) is 3. The SMILES string of the molecule is NC1CCN(CC(=O)N2CCCC2)C1=O. The van der Waals surface area contributed by atoms with Gasteiger partial charge in [0.25, 0.3) is 0 Å². The largest absolute Gasteiger partial charge is 0.341 e. The molecule has 2 fully saturated rings. The van der Waals surface area contributed by atoms with E-state index in [0.29, 0.717) is 13.0 Å². The summed E-state index contributed by atoms with van der Waals surface area (Å²) < 4.78 is 0. The highest BCUT2D eigenvalue weighted by molar-refractivity contribution is 5.88. The molecule has 1 unspecified atom stereocenters. The highest BCUT2D eigenvalue weighted by atomic mass is 16.2. The van der Waals surface area contributed by atoms with Gasteiger partial charge in [-0.25, -0.2) is 0 Å². The van der Waals surface area contributed by atoms with Crippen molar-refractivity contribution in [1.82, 2.24) is 9.80 Å². The van der Waals surface area contributed by atoms with Gasteiger partial charge in [0, 0.05) is 19.6 Å². The molecule has 2 aliphatic rings. The third kappa shape index (κ3) is 2.12. The van der Waals surface area contributed by atoms with E-state index in [4.69, 9.17) is 5.73 Å². The Hall–Kier alpha value is -1.10. The van der Waals surface area contributed by atoms with Crippen molar-refractivity contribution in [3.05, 3.63) is 0 Å². The van der Waals surface area contributed by atoms with E-state index in [9.17, 15) is 9.59 Å². The van der Waals surface area contributed by atoms with Gasteiger partial charge in [-0.2, -0.15) is 0 Å². The molecule has 0 aliphatic carbocycles. The first-order chi connectivity index (χ1) is 7.18. The van der Waals surface area contributed by atoms with Gasteiger partial charge in [-0.3, -0.25) is 9.59 Å². The molecule has 0 aromatic rings. The zero-order chi connectivity index (χ0) is 10.8. The van der Waals surface area contributed by atoms with Crippen LogP contribution in [0.3, 0.4) is 0 Å². The summed E-state index contributed by atoms with van der Waals surface area (Å²) in [6.45, 7) is 2.52. The average molecular weight is 211 g/mol. The maximum Gasteiger partial charge on any atom is 0.242 e. The molecule has 2 heterocycles. The molecule has 2 N–H and O–H groups in total. The van der Waals surface area contributed by atoms with E-state index in [1.165, 1.54) is 0 Å². The third-order valence-corrected chi connectivity index (χ3v) is 3.12. The van der Waals surface area contributed by atoms with Crippen LogP contribution in [0.2, 0.25) is 0 Å². The fourth-order valence-corrected chi connectivity index (χ4v) is 2.15. The molecular weight excluding hydrogens is 194 g/mol. The number of hydrogen-bond donors (Lipinski definition) is 1. The lowest BCUT2D eigenvalue weighted by atomic mass is 10.3. The number of rotatable bonds is 2. The van der Waals surface area contributed by atoms with Crippen LogP contribution in [0, 0.1) is 0 Å². The fraction of sp³-hybridized carbons (Fsp3) is 0.800. The summed E-state index contributed by atoms with van der Waals surface area (Å²) in [5.74, 6) is -0.0162. The third-order valence-electron chi connectivity index (χ3n) is 3.12. The smallest absolute Gasteiger partial charge is 0.242 e. The van der Waals surface area contributed by atoms with Crippen molar-refractivity contribution in [2.75, 3.05) is 26.2 Å². The maximum atomic E-state index is 11.7. The molecule has 2 aliphatic heterocycles. The summed E-state index contributed by atoms with van der Waals surface area (Å²) in [6.07, 6.45) is 2.84. The Morgan fingerprint density at radius 2 is 2.00 bits per heavy atom. The number of carbonyl (C=O) groups is 2. The van der Waals surface area contributed by atoms with Gasteiger partial charge in [0.15, 0.2) is 0 Å². The Morgan fingerprint density at radius 1 is 1.33 bits per heavy atom. The molecule has 0 bridgehead atoms. The minimum Gasteiger partial charge on any atom is -0.341 e. The highest BCUT2D eigenvalue weighted by Gasteiger charge is 2.31. The van der Waals surface area contributed by atoms with Crippen LogP contribution in [0.25, 0.3) is 0 Å². The van der Waals surface area contributed by atoms with Crippen molar-refractivity contribution in [1.29, 1.82) is 0 Å². The number of carbonyl (C=O) groups excluding carboxylic acids is 2. The standard InChI is InChI=1S/C10H17N3O2/c11-8-3-6-13(10(8)15)7-9(14)12-4-1-2-5-12/h8H,1-7,11H2. The molecule has 0 aromatic carbocycles. The van der Waals surface area contributed by atoms with Gasteiger partial charge in [-0.05, 0) is 19.3 Å². The molecule has 0 spiro atoms. The first-order valence-electron chi connectivity index (χ1n) is 5.50. The lowest BCUT2D eigenvalue weighted by Crippen LogP contribution is -2.42. The molecule has 0 saturated carbocycles. The Morgan fingerprint density at radius 3 is 2.53 bits per heavy atom. The lowest BCUT2D eigenvalue weighted by molar-refractivity contribution is -0.138. The van der Waals surface area contributed by atoms with Gasteiger partial charge in [0.1, 0.15) is 0 Å². The monoisotopic (exact) mass is 211 g/mol. The van der Waals surface area contributed by atoms with E-state index in [0.717, 1.165) is 25.9 Å². The summed E-state index contributed by atoms with van der Waals surface area (Å²) >= 11 is 0. The molecule has 5 heteroatoms. The van der Waals surface area contributed by atoms with Gasteiger partial charge in [-0.15, -0.1) is 0 Å². The van der Waals surface area contributed by atoms with Crippen LogP contribution < -0.4 is 5.73 Å². The molecule has 84 valence electrons. The van der Waals surface area contributed by atoms with Gasteiger partial charge in [0.05, 0.1) is 12.6 Å². The van der Waals surface area contributed by atoms with Gasteiger partial charge >= 0.3 is 0 Å². The Bertz CT molecular complexity index is 274. The number of nitrogens with two attached hydrogens (primary N) is 1. The van der Waals surface area contributed by atoms with Gasteiger partial charge < -0.3 is 15.5 Å². The summed E-state index contributed by atoms with van der Waals surface area (Å²) in [7, 11) is 0. The molecule has 2 amide bonds. The zero-order valence-corrected chi connectivity index (χ0v) is 8.82. The van der Waals surface area contributed by atoms with Crippen LogP contribution >= 0.6 is 0 Å². The van der Waals surface area contributed by atoms with Crippen molar-refractivity contribution in [3.8, 4) is 0 Å². The fourth-order valence-electron chi connectivity index (χ4n) is 2.15. The second kappa shape index (κ2) is 4.18. The average Bonchev–Trinajstić information content (AvgIpc) is 2.83. The van der Waals surface area contributed by atoms with Crippen molar-refractivity contribution < 1.29 is 9.59 Å². The first-order valence-corrected chi connectivity index (χ1v) is 5.50. The van der Waals surface area contributed by atoms with E-state index in [-0.39, 0.29) is 18.4 Å². The Balaban J connectivity index is 1.86. The van der Waals surface area contributed by atoms with E-state index in [1.54, 1.807) is 4.90 Å². The Labute approximate surface area is 89.2 Å². The number of nitrogens with zero attached hydrogens (tertiary/aromatic N) is 2. The minimum atomic E-state index is -0.392. The summed E-state index contributed by atoms with van der Waals surface area (Å²) in [5.41, 5.74) is 5.58. The number of amides is 2. The van der Waals surface area contributed by atoms with E-state index >= 15 is 0 Å². The minimum absolute atomic E-state index is 0.0648. The van der Waals surface area contributed by atoms with Crippen LogP contribution in [0.5, 0.6) is 0 Å². The molecule has 5 nitrogen and oxygen atoms in total. The van der Waals surface area contributed by atoms with Crippen LogP contribution in [-0.2, 0) is 9.59 Å². The van der Waals surface area contributed by atoms with Gasteiger partial charge in [-0.1, -0.05) is 0 Å². The summed E-state index contributed by atoms with van der Waals surface area (Å²) in [5, 5.41) is 0. The molecule has 0 radical (unpaired) electrons. The molecular formula is C10H17N3O2. The molecule has 0 aromatic heterocycles. The second-order valence-corrected chi connectivity index (χ2v) is 4.24. The normalized spacial score (nSPS) is 26.5. The Kier molecular flexibility index (Phi) is 2.90. The lowest BCUT2D eigenvalue weighted by Gasteiger charge is -2.20. The van der Waals surface area contributed by atoms with Gasteiger partial charge in [0.2, 0.25) is 11.8 Å². The van der Waals surface area contributed by atoms with Crippen LogP contribution in [0.1, 0.15) is 19.3 Å². The number of likely N-dealkylation sites (tertiary alicyclic amines) is 2. The first kappa shape index (κ1) is 10.4. The van der Waals surface area contributed by atoms with Crippen LogP contribution in [0.15, 0.2) is 0 Å². The van der Waals surface area contributed by atoms with E-state index < -0.39 is 6.04 Å². The van der Waals surface area contributed by atoms with Crippen molar-refractivity contribution >= 4 is 11.8 Å². The summed E-state index contributed by atoms with van der Waals surface area (Å²) in [6, 6.07) is -0.392. The van der Waals surface area contributed by atoms with Crippen molar-refractivity contribution in [3.63, 3.8) is 0 Å². The zero-order valence-electron chi connectivity index (χ0n) is 8.82. The van der Waals surface area contributed by atoms with E-state index in [2.05, 4.69) is 0 Å². The second-order valence-electron chi connectivity index (χ2n) is 4.24. The topological polar surface area (TPSA) is 66.6 Å². The predicted octanol–water partition coefficient (Wildman–Crippen LogP) is -0.832. The maximum absolute atomic E-state index is 11.7. The highest BCUT2D eigenvalue weighted by Crippen LogP contribution is 2.12. The summed E-state index contributed by atoms with van der Waals surface area (Å²) in [4.78, 5) is 26.6. The van der Waals surface area contributed by atoms with Crippen molar-refractivity contribution in [2.24, 2.45) is 5.73 Å². The molecule has 1 atom stereocenters. The van der Waals surface area contributed by atoms with Crippen LogP contribution in [0.4, 0.5) is 0 Å². The van der Waals surface area contributed by atoms with Crippen molar-refractivity contribution in [2.45, 2.75) is 25.3 Å². The van der Waals surface area contributed by atoms with Crippen LogP contribution in [-0.4, -0.2) is 53.8 Å². The molecule has 2 rings (SSSR count). The molecule has 15 heavy (non-hydrogen) atoms. The molecule has 2 saturated heterocycles. The predicted molar refractivity (Wildman–Crippen MR) is 55.0 cm³/mol.